The maximum atomic E-state index is 9.79. The van der Waals surface area contributed by atoms with Crippen LogP contribution in [0.25, 0.3) is 0 Å². The largest absolute Gasteiger partial charge is 0.504 e. The summed E-state index contributed by atoms with van der Waals surface area (Å²) in [6.07, 6.45) is 0. The van der Waals surface area contributed by atoms with Crippen LogP contribution in [0.1, 0.15) is 0 Å². The van der Waals surface area contributed by atoms with E-state index in [4.69, 9.17) is 9.47 Å². The molecule has 0 saturated carbocycles. The Bertz CT molecular complexity index is 442. The van der Waals surface area contributed by atoms with E-state index in [9.17, 15) is 5.11 Å². The fourth-order valence-corrected chi connectivity index (χ4v) is 2.40. The van der Waals surface area contributed by atoms with Crippen LogP contribution in [0.15, 0.2) is 12.1 Å². The third kappa shape index (κ3) is 1.95. The van der Waals surface area contributed by atoms with Crippen LogP contribution in [0, 0.1) is 0 Å². The highest BCUT2D eigenvalue weighted by molar-refractivity contribution is 5.69. The molecule has 2 aliphatic rings. The molecular weight excluding hydrogens is 232 g/mol. The molecule has 18 heavy (non-hydrogen) atoms. The van der Waals surface area contributed by atoms with Crippen molar-refractivity contribution in [3.05, 3.63) is 12.1 Å². The van der Waals surface area contributed by atoms with E-state index in [-0.39, 0.29) is 5.75 Å². The molecule has 98 valence electrons. The van der Waals surface area contributed by atoms with E-state index in [1.165, 1.54) is 0 Å². The first kappa shape index (κ1) is 11.5. The maximum absolute atomic E-state index is 9.79. The summed E-state index contributed by atoms with van der Waals surface area (Å²) in [4.78, 5) is 4.59. The summed E-state index contributed by atoms with van der Waals surface area (Å²) >= 11 is 0. The van der Waals surface area contributed by atoms with Crippen LogP contribution in [-0.2, 0) is 0 Å². The van der Waals surface area contributed by atoms with E-state index in [0.29, 0.717) is 24.7 Å². The number of phenols is 1. The summed E-state index contributed by atoms with van der Waals surface area (Å²) in [7, 11) is 2.13. The Hall–Kier alpha value is -1.62. The lowest BCUT2D eigenvalue weighted by molar-refractivity contribution is 0.166. The van der Waals surface area contributed by atoms with Crippen molar-refractivity contribution >= 4 is 5.69 Å². The number of ether oxygens (including phenoxy) is 2. The number of likely N-dealkylation sites (N-methyl/N-ethyl adjacent to an activating group) is 1. The van der Waals surface area contributed by atoms with Crippen molar-refractivity contribution in [3.63, 3.8) is 0 Å². The third-order valence-corrected chi connectivity index (χ3v) is 3.49. The van der Waals surface area contributed by atoms with Gasteiger partial charge in [-0.1, -0.05) is 0 Å². The monoisotopic (exact) mass is 250 g/mol. The number of hydrogen-bond acceptors (Lipinski definition) is 5. The van der Waals surface area contributed by atoms with Crippen molar-refractivity contribution in [1.29, 1.82) is 0 Å². The molecular formula is C13H18N2O3. The molecule has 1 aromatic carbocycles. The van der Waals surface area contributed by atoms with Crippen molar-refractivity contribution in [1.82, 2.24) is 4.90 Å². The van der Waals surface area contributed by atoms with E-state index in [2.05, 4.69) is 16.8 Å². The van der Waals surface area contributed by atoms with Gasteiger partial charge in [-0.15, -0.1) is 0 Å². The van der Waals surface area contributed by atoms with Crippen LogP contribution in [0.2, 0.25) is 0 Å². The summed E-state index contributed by atoms with van der Waals surface area (Å²) in [6.45, 7) is 5.05. The molecule has 3 rings (SSSR count). The Kier molecular flexibility index (Phi) is 2.91. The van der Waals surface area contributed by atoms with Gasteiger partial charge in [0.1, 0.15) is 13.2 Å². The molecule has 2 heterocycles. The van der Waals surface area contributed by atoms with Crippen molar-refractivity contribution < 1.29 is 14.6 Å². The number of fused-ring (bicyclic) bond motifs is 1. The Morgan fingerprint density at radius 3 is 2.39 bits per heavy atom. The zero-order valence-electron chi connectivity index (χ0n) is 10.6. The van der Waals surface area contributed by atoms with Crippen molar-refractivity contribution in [2.75, 3.05) is 51.3 Å². The standard InChI is InChI=1S/C13H18N2O3/c1-14-4-6-15(7-5-14)10-2-3-11(16)13-12(10)17-8-9-18-13/h2-3,16H,4-9H2,1H3. The number of anilines is 1. The van der Waals surface area contributed by atoms with E-state index in [1.54, 1.807) is 6.07 Å². The highest BCUT2D eigenvalue weighted by Gasteiger charge is 2.24. The van der Waals surface area contributed by atoms with Crippen molar-refractivity contribution in [2.24, 2.45) is 0 Å². The number of nitrogens with zero attached hydrogens (tertiary/aromatic N) is 2. The Labute approximate surface area is 107 Å². The minimum absolute atomic E-state index is 0.155. The predicted octanol–water partition coefficient (Wildman–Crippen LogP) is 0.915. The molecule has 0 atom stereocenters. The maximum Gasteiger partial charge on any atom is 0.205 e. The van der Waals surface area contributed by atoms with Crippen LogP contribution in [-0.4, -0.2) is 56.4 Å². The topological polar surface area (TPSA) is 45.2 Å². The second-order valence-corrected chi connectivity index (χ2v) is 4.75. The Morgan fingerprint density at radius 1 is 1.00 bits per heavy atom. The molecule has 5 heteroatoms. The number of piperazine rings is 1. The number of benzene rings is 1. The first-order valence-electron chi connectivity index (χ1n) is 6.31. The molecule has 1 fully saturated rings. The minimum Gasteiger partial charge on any atom is -0.504 e. The molecule has 0 unspecified atom stereocenters. The molecule has 0 aliphatic carbocycles. The van der Waals surface area contributed by atoms with Gasteiger partial charge in [-0.3, -0.25) is 0 Å². The molecule has 0 radical (unpaired) electrons. The normalized spacial score (nSPS) is 19.9. The average molecular weight is 250 g/mol. The second-order valence-electron chi connectivity index (χ2n) is 4.75. The van der Waals surface area contributed by atoms with Gasteiger partial charge in [0, 0.05) is 26.2 Å². The van der Waals surface area contributed by atoms with E-state index in [1.807, 2.05) is 6.07 Å². The molecule has 0 spiro atoms. The van der Waals surface area contributed by atoms with Gasteiger partial charge in [-0.25, -0.2) is 0 Å². The van der Waals surface area contributed by atoms with Gasteiger partial charge in [-0.2, -0.15) is 0 Å². The minimum atomic E-state index is 0.155. The number of phenolic OH excluding ortho intramolecular Hbond substituents is 1. The number of hydrogen-bond donors (Lipinski definition) is 1. The second kappa shape index (κ2) is 4.57. The summed E-state index contributed by atoms with van der Waals surface area (Å²) in [5, 5.41) is 9.79. The van der Waals surface area contributed by atoms with Gasteiger partial charge in [0.25, 0.3) is 0 Å². The van der Waals surface area contributed by atoms with Gasteiger partial charge in [-0.05, 0) is 19.2 Å². The average Bonchev–Trinajstić information content (AvgIpc) is 2.41. The molecule has 0 amide bonds. The lowest BCUT2D eigenvalue weighted by atomic mass is 10.2. The summed E-state index contributed by atoms with van der Waals surface area (Å²) in [5.41, 5.74) is 1.02. The zero-order valence-corrected chi connectivity index (χ0v) is 10.6. The molecule has 5 nitrogen and oxygen atoms in total. The fourth-order valence-electron chi connectivity index (χ4n) is 2.40. The smallest absolute Gasteiger partial charge is 0.205 e. The molecule has 1 saturated heterocycles. The van der Waals surface area contributed by atoms with Crippen LogP contribution in [0.4, 0.5) is 5.69 Å². The Balaban J connectivity index is 1.92. The summed E-state index contributed by atoms with van der Waals surface area (Å²) in [6, 6.07) is 3.59. The van der Waals surface area contributed by atoms with Crippen LogP contribution < -0.4 is 14.4 Å². The predicted molar refractivity (Wildman–Crippen MR) is 68.8 cm³/mol. The van der Waals surface area contributed by atoms with Gasteiger partial charge >= 0.3 is 0 Å². The van der Waals surface area contributed by atoms with Crippen molar-refractivity contribution in [3.8, 4) is 17.2 Å². The van der Waals surface area contributed by atoms with Crippen LogP contribution in [0.3, 0.4) is 0 Å². The quantitative estimate of drug-likeness (QED) is 0.803. The van der Waals surface area contributed by atoms with E-state index >= 15 is 0 Å². The lowest BCUT2D eigenvalue weighted by Gasteiger charge is -2.35. The lowest BCUT2D eigenvalue weighted by Crippen LogP contribution is -2.44. The number of rotatable bonds is 1. The molecule has 1 N–H and O–H groups in total. The third-order valence-electron chi connectivity index (χ3n) is 3.49. The van der Waals surface area contributed by atoms with E-state index < -0.39 is 0 Å². The van der Waals surface area contributed by atoms with Gasteiger partial charge in [0.2, 0.25) is 5.75 Å². The summed E-state index contributed by atoms with van der Waals surface area (Å²) in [5.74, 6) is 1.33. The van der Waals surface area contributed by atoms with Crippen molar-refractivity contribution in [2.45, 2.75) is 0 Å². The number of aromatic hydroxyl groups is 1. The molecule has 0 bridgehead atoms. The van der Waals surface area contributed by atoms with Crippen LogP contribution >= 0.6 is 0 Å². The first-order valence-corrected chi connectivity index (χ1v) is 6.31. The molecule has 2 aliphatic heterocycles. The first-order chi connectivity index (χ1) is 8.75. The molecule has 1 aromatic rings. The summed E-state index contributed by atoms with van der Waals surface area (Å²) < 4.78 is 11.2. The zero-order chi connectivity index (χ0) is 12.5. The van der Waals surface area contributed by atoms with Gasteiger partial charge in [0.05, 0.1) is 5.69 Å². The van der Waals surface area contributed by atoms with Gasteiger partial charge in [0.15, 0.2) is 11.5 Å². The van der Waals surface area contributed by atoms with E-state index in [0.717, 1.165) is 31.9 Å². The van der Waals surface area contributed by atoms with Crippen LogP contribution in [0.5, 0.6) is 17.2 Å². The molecule has 0 aromatic heterocycles. The highest BCUT2D eigenvalue weighted by atomic mass is 16.6. The SMILES string of the molecule is CN1CCN(c2ccc(O)c3c2OCCO3)CC1. The fraction of sp³-hybridized carbons (Fsp3) is 0.538. The highest BCUT2D eigenvalue weighted by Crippen LogP contribution is 2.45. The van der Waals surface area contributed by atoms with Gasteiger partial charge < -0.3 is 24.4 Å². The Morgan fingerprint density at radius 2 is 1.67 bits per heavy atom.